The van der Waals surface area contributed by atoms with Gasteiger partial charge in [-0.1, -0.05) is 0 Å². The number of nitrogens with zero attached hydrogens (tertiary/aromatic N) is 2. The van der Waals surface area contributed by atoms with E-state index < -0.39 is 17.2 Å². The number of fused-ring (bicyclic) bond motifs is 2. The van der Waals surface area contributed by atoms with Gasteiger partial charge in [-0.15, -0.1) is 0 Å². The van der Waals surface area contributed by atoms with E-state index in [0.717, 1.165) is 0 Å². The molecule has 0 spiro atoms. The predicted molar refractivity (Wildman–Crippen MR) is 106 cm³/mol. The van der Waals surface area contributed by atoms with Crippen LogP contribution in [0.25, 0.3) is 27.5 Å². The maximum Gasteiger partial charge on any atom is 0.258 e. The molecule has 3 aromatic heterocycles. The zero-order valence-corrected chi connectivity index (χ0v) is 15.4. The Labute approximate surface area is 160 Å². The highest BCUT2D eigenvalue weighted by molar-refractivity contribution is 5.87. The van der Waals surface area contributed by atoms with Gasteiger partial charge in [0.15, 0.2) is 11.5 Å². The molecule has 7 heteroatoms. The Bertz CT molecular complexity index is 1200. The molecular weight excluding hydrogens is 362 g/mol. The van der Waals surface area contributed by atoms with Crippen molar-refractivity contribution < 1.29 is 8.78 Å². The van der Waals surface area contributed by atoms with Gasteiger partial charge in [0, 0.05) is 24.2 Å². The smallest absolute Gasteiger partial charge is 0.258 e. The van der Waals surface area contributed by atoms with Gasteiger partial charge in [0.1, 0.15) is 5.82 Å². The number of aryl methyl sites for hydroxylation is 1. The van der Waals surface area contributed by atoms with Gasteiger partial charge in [0.25, 0.3) is 5.56 Å². The van der Waals surface area contributed by atoms with Crippen LogP contribution in [-0.2, 0) is 0 Å². The molecule has 0 amide bonds. The third-order valence-electron chi connectivity index (χ3n) is 4.74. The average Bonchev–Trinajstić information content (AvgIpc) is 3.34. The Morgan fingerprint density at radius 1 is 1.04 bits per heavy atom. The Balaban J connectivity index is 0.000000336. The summed E-state index contributed by atoms with van der Waals surface area (Å²) in [5.41, 5.74) is 1.43. The number of pyridine rings is 2. The molecule has 4 heterocycles. The third-order valence-corrected chi connectivity index (χ3v) is 4.74. The van der Waals surface area contributed by atoms with Crippen LogP contribution in [0, 0.1) is 18.6 Å². The topological polar surface area (TPSA) is 62.2 Å². The molecule has 144 valence electrons. The molecule has 5 nitrogen and oxygen atoms in total. The molecule has 28 heavy (non-hydrogen) atoms. The summed E-state index contributed by atoms with van der Waals surface area (Å²) in [6, 6.07) is 5.83. The van der Waals surface area contributed by atoms with E-state index in [-0.39, 0.29) is 11.0 Å². The molecule has 0 radical (unpaired) electrons. The predicted octanol–water partition coefficient (Wildman–Crippen LogP) is 3.80. The van der Waals surface area contributed by atoms with E-state index in [9.17, 15) is 13.6 Å². The average molecular weight is 382 g/mol. The first-order chi connectivity index (χ1) is 13.5. The molecule has 4 aromatic rings. The standard InChI is InChI=1S/C17H11F2N3O.C4H9N/c1-9-7-22-8-12(6-14(19)16(22)21-9)11-4-10-2-3-20-17(23)15(10)13(18)5-11;1-2-4-5-3-1/h2-8H,1H3,(H,20,23);5H,1-4H2. The largest absolute Gasteiger partial charge is 0.328 e. The van der Waals surface area contributed by atoms with Crippen molar-refractivity contribution in [2.45, 2.75) is 19.8 Å². The molecule has 0 unspecified atom stereocenters. The Morgan fingerprint density at radius 3 is 2.50 bits per heavy atom. The molecule has 1 aliphatic rings. The highest BCUT2D eigenvalue weighted by Gasteiger charge is 2.12. The number of imidazole rings is 1. The fraction of sp³-hybridized carbons (Fsp3) is 0.238. The summed E-state index contributed by atoms with van der Waals surface area (Å²) in [6.45, 7) is 4.27. The normalized spacial score (nSPS) is 13.7. The van der Waals surface area contributed by atoms with Crippen molar-refractivity contribution in [3.63, 3.8) is 0 Å². The molecule has 0 saturated carbocycles. The molecule has 1 aromatic carbocycles. The van der Waals surface area contributed by atoms with Gasteiger partial charge in [-0.3, -0.25) is 4.79 Å². The van der Waals surface area contributed by atoms with Crippen molar-refractivity contribution in [1.82, 2.24) is 19.7 Å². The van der Waals surface area contributed by atoms with E-state index in [1.54, 1.807) is 35.9 Å². The molecule has 5 rings (SSSR count). The molecule has 0 aliphatic carbocycles. The SMILES string of the molecule is C1CCNC1.Cc1cn2cc(-c3cc(F)c4c(=O)[nH]ccc4c3)cc(F)c2n1. The van der Waals surface area contributed by atoms with Gasteiger partial charge in [0.05, 0.1) is 11.1 Å². The number of aromatic nitrogens is 3. The molecule has 1 saturated heterocycles. The van der Waals surface area contributed by atoms with E-state index in [0.29, 0.717) is 22.2 Å². The number of hydrogen-bond acceptors (Lipinski definition) is 3. The number of hydrogen-bond donors (Lipinski definition) is 2. The third kappa shape index (κ3) is 3.53. The highest BCUT2D eigenvalue weighted by Crippen LogP contribution is 2.27. The van der Waals surface area contributed by atoms with Crippen molar-refractivity contribution in [2.75, 3.05) is 13.1 Å². The van der Waals surface area contributed by atoms with Gasteiger partial charge < -0.3 is 14.7 Å². The second kappa shape index (κ2) is 7.52. The van der Waals surface area contributed by atoms with Crippen LogP contribution in [0.15, 0.2) is 47.7 Å². The van der Waals surface area contributed by atoms with Gasteiger partial charge in [-0.2, -0.15) is 0 Å². The number of nitrogens with one attached hydrogen (secondary N) is 2. The molecule has 0 bridgehead atoms. The second-order valence-electron chi connectivity index (χ2n) is 6.88. The number of rotatable bonds is 1. The monoisotopic (exact) mass is 382 g/mol. The summed E-state index contributed by atoms with van der Waals surface area (Å²) in [5.74, 6) is -1.12. The Morgan fingerprint density at radius 2 is 1.79 bits per heavy atom. The molecule has 0 atom stereocenters. The minimum atomic E-state index is -0.637. The van der Waals surface area contributed by atoms with Crippen LogP contribution >= 0.6 is 0 Å². The summed E-state index contributed by atoms with van der Waals surface area (Å²) in [4.78, 5) is 18.2. The molecule has 1 fully saturated rings. The zero-order chi connectivity index (χ0) is 19.7. The van der Waals surface area contributed by atoms with Crippen LogP contribution < -0.4 is 10.9 Å². The maximum absolute atomic E-state index is 14.3. The van der Waals surface area contributed by atoms with E-state index in [1.165, 1.54) is 44.3 Å². The lowest BCUT2D eigenvalue weighted by Gasteiger charge is -2.07. The first kappa shape index (κ1) is 18.3. The first-order valence-electron chi connectivity index (χ1n) is 9.20. The summed E-state index contributed by atoms with van der Waals surface area (Å²) in [5, 5.41) is 3.68. The van der Waals surface area contributed by atoms with Crippen molar-refractivity contribution in [1.29, 1.82) is 0 Å². The highest BCUT2D eigenvalue weighted by atomic mass is 19.1. The van der Waals surface area contributed by atoms with Crippen LogP contribution in [0.4, 0.5) is 8.78 Å². The number of aromatic amines is 1. The van der Waals surface area contributed by atoms with E-state index in [1.807, 2.05) is 0 Å². The molecular formula is C21H20F2N4O. The van der Waals surface area contributed by atoms with Crippen LogP contribution in [0.5, 0.6) is 0 Å². The summed E-state index contributed by atoms with van der Waals surface area (Å²) in [6.07, 6.45) is 7.62. The molecule has 1 aliphatic heterocycles. The van der Waals surface area contributed by atoms with Crippen molar-refractivity contribution in [3.05, 3.63) is 70.5 Å². The summed E-state index contributed by atoms with van der Waals surface area (Å²) in [7, 11) is 0. The van der Waals surface area contributed by atoms with E-state index >= 15 is 0 Å². The lowest BCUT2D eigenvalue weighted by Crippen LogP contribution is -2.06. The summed E-state index contributed by atoms with van der Waals surface area (Å²) >= 11 is 0. The number of benzene rings is 1. The van der Waals surface area contributed by atoms with Crippen molar-refractivity contribution in [2.24, 2.45) is 0 Å². The quantitative estimate of drug-likeness (QED) is 0.526. The van der Waals surface area contributed by atoms with Gasteiger partial charge >= 0.3 is 0 Å². The second-order valence-corrected chi connectivity index (χ2v) is 6.88. The Kier molecular flexibility index (Phi) is 4.92. The van der Waals surface area contributed by atoms with Crippen LogP contribution in [-0.4, -0.2) is 27.5 Å². The van der Waals surface area contributed by atoms with Crippen molar-refractivity contribution >= 4 is 16.4 Å². The number of halogens is 2. The van der Waals surface area contributed by atoms with Crippen LogP contribution in [0.1, 0.15) is 18.5 Å². The van der Waals surface area contributed by atoms with E-state index in [4.69, 9.17) is 0 Å². The van der Waals surface area contributed by atoms with Crippen LogP contribution in [0.2, 0.25) is 0 Å². The summed E-state index contributed by atoms with van der Waals surface area (Å²) < 4.78 is 30.0. The number of H-pyrrole nitrogens is 1. The lowest BCUT2D eigenvalue weighted by molar-refractivity contribution is 0.630. The maximum atomic E-state index is 14.3. The molecule has 2 N–H and O–H groups in total. The fourth-order valence-corrected chi connectivity index (χ4v) is 3.41. The minimum Gasteiger partial charge on any atom is -0.328 e. The lowest BCUT2D eigenvalue weighted by atomic mass is 10.0. The van der Waals surface area contributed by atoms with E-state index in [2.05, 4.69) is 15.3 Å². The first-order valence-corrected chi connectivity index (χ1v) is 9.20. The Hall–Kier alpha value is -3.06. The van der Waals surface area contributed by atoms with Crippen LogP contribution in [0.3, 0.4) is 0 Å². The van der Waals surface area contributed by atoms with Crippen molar-refractivity contribution in [3.8, 4) is 11.1 Å². The van der Waals surface area contributed by atoms with Gasteiger partial charge in [-0.05, 0) is 68.1 Å². The minimum absolute atomic E-state index is 0.00345. The van der Waals surface area contributed by atoms with Gasteiger partial charge in [0.2, 0.25) is 0 Å². The fourth-order valence-electron chi connectivity index (χ4n) is 3.41. The zero-order valence-electron chi connectivity index (χ0n) is 15.4. The van der Waals surface area contributed by atoms with Gasteiger partial charge in [-0.25, -0.2) is 13.8 Å².